The van der Waals surface area contributed by atoms with Gasteiger partial charge >= 0.3 is 0 Å². The maximum absolute atomic E-state index is 12.1. The first-order chi connectivity index (χ1) is 10.9. The van der Waals surface area contributed by atoms with E-state index in [9.17, 15) is 4.79 Å². The van der Waals surface area contributed by atoms with Gasteiger partial charge in [-0.05, 0) is 52.6 Å². The molecule has 1 amide bonds. The van der Waals surface area contributed by atoms with Gasteiger partial charge in [-0.2, -0.15) is 5.10 Å². The van der Waals surface area contributed by atoms with E-state index in [0.29, 0.717) is 11.4 Å². The second-order valence-electron chi connectivity index (χ2n) is 6.86. The van der Waals surface area contributed by atoms with E-state index in [1.54, 1.807) is 0 Å². The molecular formula is C17H29ClN4O. The van der Waals surface area contributed by atoms with Gasteiger partial charge in [0.15, 0.2) is 0 Å². The summed E-state index contributed by atoms with van der Waals surface area (Å²) in [6.45, 7) is 12.1. The summed E-state index contributed by atoms with van der Waals surface area (Å²) in [5.41, 5.74) is 1.74. The molecule has 5 nitrogen and oxygen atoms in total. The summed E-state index contributed by atoms with van der Waals surface area (Å²) in [6.07, 6.45) is 2.96. The van der Waals surface area contributed by atoms with Crippen molar-refractivity contribution in [1.82, 2.24) is 20.0 Å². The Morgan fingerprint density at radius 3 is 2.61 bits per heavy atom. The van der Waals surface area contributed by atoms with Crippen molar-refractivity contribution in [2.45, 2.75) is 53.0 Å². The highest BCUT2D eigenvalue weighted by Gasteiger charge is 2.18. The van der Waals surface area contributed by atoms with E-state index in [2.05, 4.69) is 22.2 Å². The molecule has 0 unspecified atom stereocenters. The molecule has 130 valence electrons. The van der Waals surface area contributed by atoms with E-state index >= 15 is 0 Å². The Bertz CT molecular complexity index is 535. The Balaban J connectivity index is 1.73. The number of aryl methyl sites for hydroxylation is 1. The Hall–Kier alpha value is -1.07. The number of nitrogens with one attached hydrogen (secondary N) is 1. The molecule has 1 aliphatic rings. The lowest BCUT2D eigenvalue weighted by molar-refractivity contribution is -0.121. The first kappa shape index (κ1) is 18.3. The minimum atomic E-state index is 0.0111. The van der Waals surface area contributed by atoms with Crippen LogP contribution in [0.15, 0.2) is 0 Å². The number of likely N-dealkylation sites (tertiary alicyclic amines) is 1. The number of amides is 1. The number of hydrogen-bond acceptors (Lipinski definition) is 3. The van der Waals surface area contributed by atoms with Gasteiger partial charge in [0, 0.05) is 19.5 Å². The first-order valence-corrected chi connectivity index (χ1v) is 8.96. The molecule has 1 N–H and O–H groups in total. The van der Waals surface area contributed by atoms with Gasteiger partial charge in [-0.15, -0.1) is 0 Å². The van der Waals surface area contributed by atoms with Crippen molar-refractivity contribution in [3.05, 3.63) is 16.4 Å². The molecule has 23 heavy (non-hydrogen) atoms. The summed E-state index contributed by atoms with van der Waals surface area (Å²) in [5, 5.41) is 8.14. The van der Waals surface area contributed by atoms with E-state index in [-0.39, 0.29) is 11.9 Å². The second-order valence-corrected chi connectivity index (χ2v) is 7.23. The molecule has 0 radical (unpaired) electrons. The van der Waals surface area contributed by atoms with Gasteiger partial charge in [-0.3, -0.25) is 9.48 Å². The lowest BCUT2D eigenvalue weighted by atomic mass is 9.99. The minimum Gasteiger partial charge on any atom is -0.355 e. The summed E-state index contributed by atoms with van der Waals surface area (Å²) >= 11 is 6.17. The maximum Gasteiger partial charge on any atom is 0.222 e. The van der Waals surface area contributed by atoms with E-state index in [1.807, 2.05) is 25.5 Å². The molecule has 6 heteroatoms. The Kier molecular flexibility index (Phi) is 6.48. The molecule has 0 aliphatic carbocycles. The third-order valence-corrected chi connectivity index (χ3v) is 5.31. The maximum atomic E-state index is 12.1. The van der Waals surface area contributed by atoms with E-state index < -0.39 is 0 Å². The molecule has 0 aromatic carbocycles. The predicted molar refractivity (Wildman–Crippen MR) is 93.9 cm³/mol. The topological polar surface area (TPSA) is 50.2 Å². The normalized spacial score (nSPS) is 18.1. The van der Waals surface area contributed by atoms with Crippen LogP contribution in [0.25, 0.3) is 0 Å². The molecule has 1 aliphatic heterocycles. The largest absolute Gasteiger partial charge is 0.355 e. The van der Waals surface area contributed by atoms with Crippen molar-refractivity contribution < 1.29 is 4.79 Å². The molecule has 0 saturated carbocycles. The van der Waals surface area contributed by atoms with Crippen molar-refractivity contribution in [1.29, 1.82) is 0 Å². The molecule has 1 atom stereocenters. The fourth-order valence-corrected chi connectivity index (χ4v) is 3.26. The van der Waals surface area contributed by atoms with Gasteiger partial charge in [0.2, 0.25) is 5.91 Å². The zero-order valence-corrected chi connectivity index (χ0v) is 15.5. The zero-order valence-electron chi connectivity index (χ0n) is 14.7. The third-order valence-electron chi connectivity index (χ3n) is 4.76. The number of aromatic nitrogens is 2. The van der Waals surface area contributed by atoms with Gasteiger partial charge in [-0.1, -0.05) is 18.5 Å². The third kappa shape index (κ3) is 4.95. The van der Waals surface area contributed by atoms with Crippen LogP contribution in [0.3, 0.4) is 0 Å². The van der Waals surface area contributed by atoms with Crippen LogP contribution in [-0.4, -0.2) is 46.8 Å². The van der Waals surface area contributed by atoms with Crippen LogP contribution in [0.4, 0.5) is 0 Å². The molecule has 2 heterocycles. The second kappa shape index (κ2) is 8.15. The van der Waals surface area contributed by atoms with Crippen molar-refractivity contribution in [3.63, 3.8) is 0 Å². The van der Waals surface area contributed by atoms with Crippen LogP contribution in [0.2, 0.25) is 5.02 Å². The SMILES string of the molecule is Cc1nn([C@H](C)CC(=O)NCCN2CCC(C)CC2)c(C)c1Cl. The number of piperidine rings is 1. The van der Waals surface area contributed by atoms with E-state index in [0.717, 1.165) is 43.5 Å². The van der Waals surface area contributed by atoms with E-state index in [1.165, 1.54) is 12.8 Å². The smallest absolute Gasteiger partial charge is 0.222 e. The van der Waals surface area contributed by atoms with Crippen LogP contribution in [0, 0.1) is 19.8 Å². The monoisotopic (exact) mass is 340 g/mol. The number of carbonyl (C=O) groups is 1. The number of nitrogens with zero attached hydrogens (tertiary/aromatic N) is 3. The summed E-state index contributed by atoms with van der Waals surface area (Å²) in [4.78, 5) is 14.6. The highest BCUT2D eigenvalue weighted by atomic mass is 35.5. The number of carbonyl (C=O) groups excluding carboxylic acids is 1. The highest BCUT2D eigenvalue weighted by molar-refractivity contribution is 6.31. The molecule has 1 aromatic heterocycles. The molecule has 2 rings (SSSR count). The van der Waals surface area contributed by atoms with Crippen LogP contribution < -0.4 is 5.32 Å². The van der Waals surface area contributed by atoms with Crippen LogP contribution in [-0.2, 0) is 4.79 Å². The van der Waals surface area contributed by atoms with Crippen LogP contribution in [0.5, 0.6) is 0 Å². The van der Waals surface area contributed by atoms with Crippen molar-refractivity contribution in [2.24, 2.45) is 5.92 Å². The minimum absolute atomic E-state index is 0.0111. The van der Waals surface area contributed by atoms with Gasteiger partial charge in [-0.25, -0.2) is 0 Å². The van der Waals surface area contributed by atoms with Crippen LogP contribution in [0.1, 0.15) is 50.5 Å². The van der Waals surface area contributed by atoms with Gasteiger partial charge in [0.05, 0.1) is 22.5 Å². The lowest BCUT2D eigenvalue weighted by Gasteiger charge is -2.30. The summed E-state index contributed by atoms with van der Waals surface area (Å²) in [6, 6.07) is 0.0111. The van der Waals surface area contributed by atoms with Gasteiger partial charge < -0.3 is 10.2 Å². The molecule has 1 saturated heterocycles. The molecular weight excluding hydrogens is 312 g/mol. The molecule has 0 bridgehead atoms. The van der Waals surface area contributed by atoms with Crippen molar-refractivity contribution >= 4 is 17.5 Å². The van der Waals surface area contributed by atoms with Crippen molar-refractivity contribution in [2.75, 3.05) is 26.2 Å². The average molecular weight is 341 g/mol. The van der Waals surface area contributed by atoms with Crippen molar-refractivity contribution in [3.8, 4) is 0 Å². The average Bonchev–Trinajstić information content (AvgIpc) is 2.77. The standard InChI is InChI=1S/C17H29ClN4O/c1-12-5-8-21(9-6-12)10-7-19-16(23)11-13(2)22-15(4)17(18)14(3)20-22/h12-13H,5-11H2,1-4H3,(H,19,23)/t13-/m1/s1. The fourth-order valence-electron chi connectivity index (χ4n) is 3.14. The fraction of sp³-hybridized carbons (Fsp3) is 0.765. The number of halogens is 1. The Morgan fingerprint density at radius 2 is 2.04 bits per heavy atom. The lowest BCUT2D eigenvalue weighted by Crippen LogP contribution is -2.39. The Labute approximate surface area is 144 Å². The predicted octanol–water partition coefficient (Wildman–Crippen LogP) is 2.95. The van der Waals surface area contributed by atoms with Gasteiger partial charge in [0.25, 0.3) is 0 Å². The highest BCUT2D eigenvalue weighted by Crippen LogP contribution is 2.23. The molecule has 0 spiro atoms. The van der Waals surface area contributed by atoms with E-state index in [4.69, 9.17) is 11.6 Å². The number of rotatable bonds is 6. The molecule has 1 aromatic rings. The summed E-state index contributed by atoms with van der Waals surface area (Å²) in [7, 11) is 0. The van der Waals surface area contributed by atoms with Crippen LogP contribution >= 0.6 is 11.6 Å². The quantitative estimate of drug-likeness (QED) is 0.866. The zero-order chi connectivity index (χ0) is 17.0. The summed E-state index contributed by atoms with van der Waals surface area (Å²) < 4.78 is 1.85. The molecule has 1 fully saturated rings. The summed E-state index contributed by atoms with van der Waals surface area (Å²) in [5.74, 6) is 0.917. The Morgan fingerprint density at radius 1 is 1.39 bits per heavy atom. The van der Waals surface area contributed by atoms with Gasteiger partial charge in [0.1, 0.15) is 0 Å². The first-order valence-electron chi connectivity index (χ1n) is 8.58. The number of hydrogen-bond donors (Lipinski definition) is 1.